The monoisotopic (exact) mass is 190 g/mol. The molecule has 76 valence electrons. The lowest BCUT2D eigenvalue weighted by Crippen LogP contribution is -2.42. The molecule has 0 bridgehead atoms. The minimum Gasteiger partial charge on any atom is -0.389 e. The van der Waals surface area contributed by atoms with Gasteiger partial charge in [-0.15, -0.1) is 0 Å². The van der Waals surface area contributed by atoms with Crippen molar-refractivity contribution in [3.05, 3.63) is 35.9 Å². The van der Waals surface area contributed by atoms with E-state index in [4.69, 9.17) is 0 Å². The van der Waals surface area contributed by atoms with E-state index in [1.807, 2.05) is 13.0 Å². The van der Waals surface area contributed by atoms with Crippen LogP contribution in [0.1, 0.15) is 38.7 Å². The van der Waals surface area contributed by atoms with E-state index in [1.165, 1.54) is 5.56 Å². The van der Waals surface area contributed by atoms with Crippen molar-refractivity contribution in [1.82, 2.24) is 0 Å². The first-order valence-corrected chi connectivity index (χ1v) is 5.34. The molecule has 1 aliphatic carbocycles. The van der Waals surface area contributed by atoms with Crippen LogP contribution in [-0.2, 0) is 5.41 Å². The first-order chi connectivity index (χ1) is 6.56. The predicted molar refractivity (Wildman–Crippen MR) is 58.3 cm³/mol. The zero-order valence-corrected chi connectivity index (χ0v) is 8.96. The van der Waals surface area contributed by atoms with Gasteiger partial charge < -0.3 is 5.11 Å². The van der Waals surface area contributed by atoms with Gasteiger partial charge in [0.05, 0.1) is 5.60 Å². The van der Waals surface area contributed by atoms with Gasteiger partial charge in [-0.05, 0) is 31.7 Å². The summed E-state index contributed by atoms with van der Waals surface area (Å²) in [7, 11) is 0. The van der Waals surface area contributed by atoms with E-state index >= 15 is 0 Å². The molecule has 0 unspecified atom stereocenters. The molecule has 1 fully saturated rings. The van der Waals surface area contributed by atoms with Gasteiger partial charge >= 0.3 is 0 Å². The molecule has 0 radical (unpaired) electrons. The molecule has 1 nitrogen and oxygen atoms in total. The quantitative estimate of drug-likeness (QED) is 0.722. The van der Waals surface area contributed by atoms with Crippen molar-refractivity contribution in [2.45, 2.75) is 44.1 Å². The molecule has 2 rings (SSSR count). The number of hydrogen-bond acceptors (Lipinski definition) is 1. The second kappa shape index (κ2) is 3.09. The summed E-state index contributed by atoms with van der Waals surface area (Å²) >= 11 is 0. The van der Waals surface area contributed by atoms with E-state index in [2.05, 4.69) is 31.2 Å². The van der Waals surface area contributed by atoms with Crippen LogP contribution >= 0.6 is 0 Å². The highest BCUT2D eigenvalue weighted by atomic mass is 16.3. The van der Waals surface area contributed by atoms with E-state index in [1.54, 1.807) is 0 Å². The van der Waals surface area contributed by atoms with Crippen LogP contribution in [-0.4, -0.2) is 10.7 Å². The van der Waals surface area contributed by atoms with E-state index in [-0.39, 0.29) is 5.41 Å². The Bertz CT molecular complexity index is 315. The van der Waals surface area contributed by atoms with Crippen LogP contribution in [0, 0.1) is 0 Å². The molecule has 14 heavy (non-hydrogen) atoms. The largest absolute Gasteiger partial charge is 0.389 e. The standard InChI is InChI=1S/C13H18O/c1-12(9-6-10-13(12,2)14)11-7-4-3-5-8-11/h3-5,7-8,14H,6,9-10H2,1-2H3/t12-,13+/m1/s1. The fourth-order valence-electron chi connectivity index (χ4n) is 2.59. The van der Waals surface area contributed by atoms with Gasteiger partial charge in [0.15, 0.2) is 0 Å². The van der Waals surface area contributed by atoms with Crippen molar-refractivity contribution < 1.29 is 5.11 Å². The molecule has 2 atom stereocenters. The van der Waals surface area contributed by atoms with E-state index in [0.29, 0.717) is 0 Å². The third-order valence-electron chi connectivity index (χ3n) is 3.94. The minimum atomic E-state index is -0.547. The molecular formula is C13H18O. The van der Waals surface area contributed by atoms with Crippen LogP contribution in [0.4, 0.5) is 0 Å². The van der Waals surface area contributed by atoms with E-state index in [0.717, 1.165) is 19.3 Å². The Balaban J connectivity index is 2.42. The van der Waals surface area contributed by atoms with Gasteiger partial charge in [-0.1, -0.05) is 37.3 Å². The smallest absolute Gasteiger partial charge is 0.0713 e. The highest BCUT2D eigenvalue weighted by molar-refractivity contribution is 5.30. The molecule has 0 heterocycles. The molecule has 1 saturated carbocycles. The fraction of sp³-hybridized carbons (Fsp3) is 0.538. The Morgan fingerprint density at radius 3 is 2.21 bits per heavy atom. The van der Waals surface area contributed by atoms with Crippen molar-refractivity contribution in [2.24, 2.45) is 0 Å². The summed E-state index contributed by atoms with van der Waals surface area (Å²) in [4.78, 5) is 0. The fourth-order valence-corrected chi connectivity index (χ4v) is 2.59. The maximum absolute atomic E-state index is 10.4. The molecule has 0 aromatic heterocycles. The van der Waals surface area contributed by atoms with Gasteiger partial charge in [0, 0.05) is 5.41 Å². The molecule has 1 heteroatoms. The average Bonchev–Trinajstić information content (AvgIpc) is 2.44. The lowest BCUT2D eigenvalue weighted by Gasteiger charge is -2.37. The van der Waals surface area contributed by atoms with Crippen LogP contribution in [0.3, 0.4) is 0 Å². The summed E-state index contributed by atoms with van der Waals surface area (Å²) in [6.07, 6.45) is 3.13. The van der Waals surface area contributed by atoms with Gasteiger partial charge in [-0.2, -0.15) is 0 Å². The van der Waals surface area contributed by atoms with E-state index in [9.17, 15) is 5.11 Å². The van der Waals surface area contributed by atoms with Crippen molar-refractivity contribution in [1.29, 1.82) is 0 Å². The maximum atomic E-state index is 10.4. The van der Waals surface area contributed by atoms with Gasteiger partial charge in [0.2, 0.25) is 0 Å². The number of benzene rings is 1. The molecular weight excluding hydrogens is 172 g/mol. The molecule has 1 N–H and O–H groups in total. The summed E-state index contributed by atoms with van der Waals surface area (Å²) in [5, 5.41) is 10.4. The summed E-state index contributed by atoms with van der Waals surface area (Å²) in [5.41, 5.74) is 0.658. The number of aliphatic hydroxyl groups is 1. The highest BCUT2D eigenvalue weighted by Gasteiger charge is 2.48. The van der Waals surface area contributed by atoms with Crippen LogP contribution in [0.5, 0.6) is 0 Å². The zero-order valence-electron chi connectivity index (χ0n) is 8.96. The Morgan fingerprint density at radius 2 is 1.71 bits per heavy atom. The summed E-state index contributed by atoms with van der Waals surface area (Å²) in [6.45, 7) is 4.14. The molecule has 1 aliphatic rings. The zero-order chi connectivity index (χ0) is 10.2. The summed E-state index contributed by atoms with van der Waals surface area (Å²) < 4.78 is 0. The van der Waals surface area contributed by atoms with Gasteiger partial charge in [0.1, 0.15) is 0 Å². The van der Waals surface area contributed by atoms with Crippen LogP contribution in [0.2, 0.25) is 0 Å². The Morgan fingerprint density at radius 1 is 1.07 bits per heavy atom. The van der Waals surface area contributed by atoms with Crippen molar-refractivity contribution in [3.63, 3.8) is 0 Å². The highest BCUT2D eigenvalue weighted by Crippen LogP contribution is 2.47. The number of rotatable bonds is 1. The lowest BCUT2D eigenvalue weighted by atomic mass is 9.72. The Labute approximate surface area is 85.8 Å². The Hall–Kier alpha value is -0.820. The topological polar surface area (TPSA) is 20.2 Å². The molecule has 0 amide bonds. The van der Waals surface area contributed by atoms with Crippen LogP contribution < -0.4 is 0 Å². The normalized spacial score (nSPS) is 37.4. The van der Waals surface area contributed by atoms with Crippen LogP contribution in [0.15, 0.2) is 30.3 Å². The average molecular weight is 190 g/mol. The third-order valence-corrected chi connectivity index (χ3v) is 3.94. The summed E-state index contributed by atoms with van der Waals surface area (Å²) in [6, 6.07) is 10.4. The van der Waals surface area contributed by atoms with Gasteiger partial charge in [0.25, 0.3) is 0 Å². The minimum absolute atomic E-state index is 0.0613. The predicted octanol–water partition coefficient (Wildman–Crippen LogP) is 2.88. The number of hydrogen-bond donors (Lipinski definition) is 1. The van der Waals surface area contributed by atoms with Gasteiger partial charge in [-0.3, -0.25) is 0 Å². The first kappa shape index (κ1) is 9.72. The lowest BCUT2D eigenvalue weighted by molar-refractivity contribution is 0.00691. The maximum Gasteiger partial charge on any atom is 0.0713 e. The molecule has 0 saturated heterocycles. The van der Waals surface area contributed by atoms with E-state index < -0.39 is 5.60 Å². The second-order valence-electron chi connectivity index (χ2n) is 4.83. The molecule has 0 aliphatic heterocycles. The first-order valence-electron chi connectivity index (χ1n) is 5.34. The van der Waals surface area contributed by atoms with Gasteiger partial charge in [-0.25, -0.2) is 0 Å². The van der Waals surface area contributed by atoms with Crippen molar-refractivity contribution in [3.8, 4) is 0 Å². The third kappa shape index (κ3) is 1.27. The van der Waals surface area contributed by atoms with Crippen molar-refractivity contribution in [2.75, 3.05) is 0 Å². The SMILES string of the molecule is C[C@]1(O)CCC[C@]1(C)c1ccccc1. The molecule has 1 aromatic carbocycles. The summed E-state index contributed by atoms with van der Waals surface area (Å²) in [5.74, 6) is 0. The molecule has 1 aromatic rings. The molecule has 0 spiro atoms. The Kier molecular flexibility index (Phi) is 2.15. The second-order valence-corrected chi connectivity index (χ2v) is 4.83. The van der Waals surface area contributed by atoms with Crippen molar-refractivity contribution >= 4 is 0 Å². The van der Waals surface area contributed by atoms with Crippen LogP contribution in [0.25, 0.3) is 0 Å².